The molecule has 1 aromatic carbocycles. The van der Waals surface area contributed by atoms with Crippen molar-refractivity contribution in [2.45, 2.75) is 23.0 Å². The Hall–Kier alpha value is -1.71. The number of benzene rings is 1. The molecule has 0 bridgehead atoms. The summed E-state index contributed by atoms with van der Waals surface area (Å²) in [4.78, 5) is 4.70. The summed E-state index contributed by atoms with van der Waals surface area (Å²) >= 11 is 6.76. The highest BCUT2D eigenvalue weighted by Gasteiger charge is 2.35. The number of hydrogen-bond donors (Lipinski definition) is 0. The SMILES string of the molecule is Cc1cc(C(F)(F)F)c(C#N)c(Sc2ccc(Cl)cc2)n1. The molecule has 0 N–H and O–H groups in total. The molecular formula is C14H8ClF3N2S. The van der Waals surface area contributed by atoms with E-state index in [0.717, 1.165) is 17.8 Å². The summed E-state index contributed by atoms with van der Waals surface area (Å²) in [5.41, 5.74) is -1.22. The third-order valence-corrected chi connectivity index (χ3v) is 3.81. The number of aromatic nitrogens is 1. The molecule has 0 atom stereocenters. The van der Waals surface area contributed by atoms with Gasteiger partial charge in [0.1, 0.15) is 11.1 Å². The Morgan fingerprint density at radius 1 is 1.24 bits per heavy atom. The van der Waals surface area contributed by atoms with Crippen LogP contribution in [0, 0.1) is 18.3 Å². The van der Waals surface area contributed by atoms with Crippen LogP contribution in [0.25, 0.3) is 0 Å². The Morgan fingerprint density at radius 2 is 1.86 bits per heavy atom. The van der Waals surface area contributed by atoms with Crippen LogP contribution in [0.5, 0.6) is 0 Å². The number of pyridine rings is 1. The third kappa shape index (κ3) is 3.69. The van der Waals surface area contributed by atoms with Crippen LogP contribution in [-0.4, -0.2) is 4.98 Å². The van der Waals surface area contributed by atoms with Crippen LogP contribution in [0.3, 0.4) is 0 Å². The lowest BCUT2D eigenvalue weighted by atomic mass is 10.1. The first-order valence-electron chi connectivity index (χ1n) is 5.73. The van der Waals surface area contributed by atoms with Gasteiger partial charge in [-0.1, -0.05) is 23.4 Å². The van der Waals surface area contributed by atoms with Gasteiger partial charge in [0.2, 0.25) is 0 Å². The van der Waals surface area contributed by atoms with E-state index in [1.807, 2.05) is 0 Å². The fraction of sp³-hybridized carbons (Fsp3) is 0.143. The molecule has 0 aliphatic rings. The number of nitrogens with zero attached hydrogens (tertiary/aromatic N) is 2. The summed E-state index contributed by atoms with van der Waals surface area (Å²) < 4.78 is 38.9. The van der Waals surface area contributed by atoms with E-state index < -0.39 is 17.3 Å². The van der Waals surface area contributed by atoms with Crippen molar-refractivity contribution in [1.29, 1.82) is 5.26 Å². The largest absolute Gasteiger partial charge is 0.417 e. The van der Waals surface area contributed by atoms with E-state index in [-0.39, 0.29) is 10.7 Å². The Bertz CT molecular complexity index is 706. The van der Waals surface area contributed by atoms with Crippen molar-refractivity contribution in [3.05, 3.63) is 52.2 Å². The molecule has 21 heavy (non-hydrogen) atoms. The number of aryl methyl sites for hydroxylation is 1. The minimum atomic E-state index is -4.59. The molecule has 108 valence electrons. The summed E-state index contributed by atoms with van der Waals surface area (Å²) in [6, 6.07) is 9.04. The normalized spacial score (nSPS) is 11.2. The average molecular weight is 329 g/mol. The van der Waals surface area contributed by atoms with Gasteiger partial charge in [0, 0.05) is 15.6 Å². The number of halogens is 4. The topological polar surface area (TPSA) is 36.7 Å². The van der Waals surface area contributed by atoms with Crippen molar-refractivity contribution in [2.24, 2.45) is 0 Å². The number of alkyl halides is 3. The summed E-state index contributed by atoms with van der Waals surface area (Å²) in [6.45, 7) is 1.46. The van der Waals surface area contributed by atoms with Gasteiger partial charge in [-0.3, -0.25) is 0 Å². The monoisotopic (exact) mass is 328 g/mol. The van der Waals surface area contributed by atoms with Crippen LogP contribution >= 0.6 is 23.4 Å². The molecule has 0 amide bonds. The van der Waals surface area contributed by atoms with Crippen LogP contribution < -0.4 is 0 Å². The molecule has 1 heterocycles. The highest BCUT2D eigenvalue weighted by Crippen LogP contribution is 2.38. The molecule has 0 unspecified atom stereocenters. The van der Waals surface area contributed by atoms with Crippen molar-refractivity contribution in [2.75, 3.05) is 0 Å². The second-order valence-corrected chi connectivity index (χ2v) is 5.66. The Morgan fingerprint density at radius 3 is 2.38 bits per heavy atom. The van der Waals surface area contributed by atoms with E-state index in [2.05, 4.69) is 4.98 Å². The van der Waals surface area contributed by atoms with E-state index in [9.17, 15) is 13.2 Å². The van der Waals surface area contributed by atoms with E-state index in [1.165, 1.54) is 6.92 Å². The van der Waals surface area contributed by atoms with Crippen molar-refractivity contribution in [3.63, 3.8) is 0 Å². The van der Waals surface area contributed by atoms with Gasteiger partial charge in [0.15, 0.2) is 0 Å². The Balaban J connectivity index is 2.51. The van der Waals surface area contributed by atoms with Crippen LogP contribution in [0.15, 0.2) is 40.3 Å². The van der Waals surface area contributed by atoms with E-state index >= 15 is 0 Å². The predicted octanol–water partition coefficient (Wildman–Crippen LogP) is 5.09. The van der Waals surface area contributed by atoms with Gasteiger partial charge in [-0.2, -0.15) is 18.4 Å². The van der Waals surface area contributed by atoms with Crippen molar-refractivity contribution in [1.82, 2.24) is 4.98 Å². The molecule has 2 rings (SSSR count). The lowest BCUT2D eigenvalue weighted by Crippen LogP contribution is -2.10. The lowest BCUT2D eigenvalue weighted by Gasteiger charge is -2.12. The third-order valence-electron chi connectivity index (χ3n) is 2.56. The standard InChI is InChI=1S/C14H8ClF3N2S/c1-8-6-12(14(16,17)18)11(7-19)13(20-8)21-10-4-2-9(15)3-5-10/h2-6H,1H3. The van der Waals surface area contributed by atoms with E-state index in [0.29, 0.717) is 9.92 Å². The van der Waals surface area contributed by atoms with E-state index in [1.54, 1.807) is 30.3 Å². The Kier molecular flexibility index (Phi) is 4.45. The molecule has 0 radical (unpaired) electrons. The highest BCUT2D eigenvalue weighted by molar-refractivity contribution is 7.99. The zero-order valence-electron chi connectivity index (χ0n) is 10.7. The smallest absolute Gasteiger partial charge is 0.245 e. The second kappa shape index (κ2) is 5.96. The molecule has 0 fully saturated rings. The summed E-state index contributed by atoms with van der Waals surface area (Å²) in [5, 5.41) is 9.61. The molecule has 2 nitrogen and oxygen atoms in total. The summed E-state index contributed by atoms with van der Waals surface area (Å²) in [5.74, 6) is 0. The zero-order valence-corrected chi connectivity index (χ0v) is 12.3. The fourth-order valence-electron chi connectivity index (χ4n) is 1.66. The quantitative estimate of drug-likeness (QED) is 0.771. The van der Waals surface area contributed by atoms with Gasteiger partial charge >= 0.3 is 6.18 Å². The van der Waals surface area contributed by atoms with Gasteiger partial charge in [0.25, 0.3) is 0 Å². The van der Waals surface area contributed by atoms with Crippen molar-refractivity contribution < 1.29 is 13.2 Å². The van der Waals surface area contributed by atoms with Crippen molar-refractivity contribution in [3.8, 4) is 6.07 Å². The minimum absolute atomic E-state index is 0.0344. The predicted molar refractivity (Wildman–Crippen MR) is 74.3 cm³/mol. The maximum Gasteiger partial charge on any atom is 0.417 e. The maximum absolute atomic E-state index is 13.0. The average Bonchev–Trinajstić information content (AvgIpc) is 2.40. The first-order valence-corrected chi connectivity index (χ1v) is 6.93. The fourth-order valence-corrected chi connectivity index (χ4v) is 2.73. The van der Waals surface area contributed by atoms with Gasteiger partial charge in [0.05, 0.1) is 11.1 Å². The molecule has 0 aliphatic carbocycles. The lowest BCUT2D eigenvalue weighted by molar-refractivity contribution is -0.138. The van der Waals surface area contributed by atoms with Crippen molar-refractivity contribution >= 4 is 23.4 Å². The number of rotatable bonds is 2. The van der Waals surface area contributed by atoms with Crippen LogP contribution in [0.4, 0.5) is 13.2 Å². The first kappa shape index (κ1) is 15.7. The summed E-state index contributed by atoms with van der Waals surface area (Å²) in [6.07, 6.45) is -4.59. The Labute approximate surface area is 128 Å². The maximum atomic E-state index is 13.0. The highest BCUT2D eigenvalue weighted by atomic mass is 35.5. The molecule has 0 saturated carbocycles. The molecule has 7 heteroatoms. The van der Waals surface area contributed by atoms with Gasteiger partial charge in [-0.15, -0.1) is 0 Å². The van der Waals surface area contributed by atoms with Crippen LogP contribution in [-0.2, 0) is 6.18 Å². The second-order valence-electron chi connectivity index (χ2n) is 4.16. The molecule has 1 aromatic heterocycles. The van der Waals surface area contributed by atoms with Crippen LogP contribution in [0.2, 0.25) is 5.02 Å². The minimum Gasteiger partial charge on any atom is -0.245 e. The number of nitriles is 1. The summed E-state index contributed by atoms with van der Waals surface area (Å²) in [7, 11) is 0. The molecular weight excluding hydrogens is 321 g/mol. The molecule has 0 spiro atoms. The molecule has 0 aliphatic heterocycles. The molecule has 2 aromatic rings. The number of hydrogen-bond acceptors (Lipinski definition) is 3. The van der Waals surface area contributed by atoms with Crippen LogP contribution in [0.1, 0.15) is 16.8 Å². The van der Waals surface area contributed by atoms with Gasteiger partial charge in [-0.25, -0.2) is 4.98 Å². The first-order chi connectivity index (χ1) is 9.81. The van der Waals surface area contributed by atoms with Gasteiger partial charge in [-0.05, 0) is 37.3 Å². The van der Waals surface area contributed by atoms with E-state index in [4.69, 9.17) is 16.9 Å². The molecule has 0 saturated heterocycles. The van der Waals surface area contributed by atoms with Gasteiger partial charge < -0.3 is 0 Å². The zero-order chi connectivity index (χ0) is 15.6.